The Labute approximate surface area is 428 Å². The Morgan fingerprint density at radius 1 is 0.543 bits per heavy atom. The molecule has 0 N–H and O–H groups in total. The third-order valence-corrected chi connectivity index (χ3v) is 14.7. The van der Waals surface area contributed by atoms with E-state index in [-0.39, 0.29) is 40.7 Å². The van der Waals surface area contributed by atoms with Crippen LogP contribution in [0.25, 0.3) is 43.5 Å². The fourth-order valence-corrected chi connectivity index (χ4v) is 11.5. The predicted molar refractivity (Wildman–Crippen MR) is 298 cm³/mol. The Bertz CT molecular complexity index is 4260. The molecule has 0 amide bonds. The van der Waals surface area contributed by atoms with Crippen molar-refractivity contribution in [1.82, 2.24) is 0 Å². The summed E-state index contributed by atoms with van der Waals surface area (Å²) in [5, 5.41) is 0.734. The molecule has 4 nitrogen and oxygen atoms in total. The van der Waals surface area contributed by atoms with Gasteiger partial charge in [-0.1, -0.05) is 172 Å². The largest absolute Gasteiger partial charge is 0.448 e. The van der Waals surface area contributed by atoms with Crippen LogP contribution in [0.3, 0.4) is 0 Å². The molecule has 70 heavy (non-hydrogen) atoms. The second-order valence-electron chi connectivity index (χ2n) is 18.6. The van der Waals surface area contributed by atoms with Crippen LogP contribution in [-0.2, 0) is 5.41 Å². The van der Waals surface area contributed by atoms with Gasteiger partial charge in [0.2, 0.25) is 5.88 Å². The quantitative estimate of drug-likeness (QED) is 0.142. The Balaban J connectivity index is 1.15. The number of para-hydroxylation sites is 2. The first kappa shape index (κ1) is 32.4. The minimum absolute atomic E-state index is 0.0331. The number of fused-ring (bicyclic) bond motifs is 6. The molecular weight excluding hydrogens is 870 g/mol. The lowest BCUT2D eigenvalue weighted by Gasteiger charge is -2.43. The summed E-state index contributed by atoms with van der Waals surface area (Å²) in [4.78, 5) is 6.53. The standard InChI is InChI=1S/C64H48BN3OS/c1-64(2,3)48-31-33-50(34-32-48)67-56-42-51(66(49-25-14-7-15-26-49)55-28-17-16-27-52(55)45-23-12-6-13-24-45)35-36-54(56)65-61-57(67)40-47(44-21-10-5-11-22-44)41-58(61)68(60-29-18-38-69-60)62-53-39-46(43-19-8-4-9-20-43)30-37-59(53)70-63(62)65/h4-42H,1-3H3/i4D,5D,8D,9D,10D,11D,19D,20D,21D,22D. The van der Waals surface area contributed by atoms with Crippen LogP contribution in [0.5, 0.6) is 0 Å². The van der Waals surface area contributed by atoms with Gasteiger partial charge in [-0.15, -0.1) is 11.3 Å². The first-order valence-electron chi connectivity index (χ1n) is 28.3. The first-order valence-corrected chi connectivity index (χ1v) is 24.1. The minimum Gasteiger partial charge on any atom is -0.448 e. The monoisotopic (exact) mass is 927 g/mol. The van der Waals surface area contributed by atoms with Crippen molar-refractivity contribution >= 4 is 95.2 Å². The average Bonchev–Trinajstić information content (AvgIpc) is 4.09. The molecule has 4 heterocycles. The normalized spacial score (nSPS) is 14.7. The lowest BCUT2D eigenvalue weighted by Crippen LogP contribution is -2.60. The van der Waals surface area contributed by atoms with Gasteiger partial charge in [0.05, 0.1) is 31.3 Å². The Morgan fingerprint density at radius 2 is 1.21 bits per heavy atom. The average molecular weight is 928 g/mol. The topological polar surface area (TPSA) is 22.9 Å². The van der Waals surface area contributed by atoms with E-state index in [0.717, 1.165) is 82.3 Å². The zero-order chi connectivity index (χ0) is 55.6. The van der Waals surface area contributed by atoms with Crippen molar-refractivity contribution in [1.29, 1.82) is 0 Å². The van der Waals surface area contributed by atoms with E-state index in [2.05, 4.69) is 122 Å². The molecule has 0 aliphatic carbocycles. The van der Waals surface area contributed by atoms with Gasteiger partial charge in [-0.25, -0.2) is 0 Å². The maximum Gasteiger partial charge on any atom is 0.264 e. The van der Waals surface area contributed by atoms with Gasteiger partial charge in [-0.2, -0.15) is 0 Å². The summed E-state index contributed by atoms with van der Waals surface area (Å²) in [5.74, 6) is 0.441. The van der Waals surface area contributed by atoms with Crippen LogP contribution in [0.1, 0.15) is 40.0 Å². The molecule has 13 rings (SSSR count). The van der Waals surface area contributed by atoms with E-state index in [1.807, 2.05) is 71.6 Å². The Kier molecular flexibility index (Phi) is 7.75. The van der Waals surface area contributed by atoms with Crippen LogP contribution in [0.2, 0.25) is 0 Å². The molecule has 0 spiro atoms. The van der Waals surface area contributed by atoms with E-state index in [1.54, 1.807) is 29.7 Å². The van der Waals surface area contributed by atoms with Gasteiger partial charge in [0.15, 0.2) is 0 Å². The Morgan fingerprint density at radius 3 is 1.91 bits per heavy atom. The SMILES string of the molecule is [2H]c1c([2H])c([2H])c(-c2cc3c4c(c2)N(c2ccco2)c2c(sc5ccc(-c6c([2H])c([2H])c([2H])c([2H])c6[2H])cc25)B4c2ccc(N(c4ccccc4)c4ccccc4-c4ccccc4)cc2N3c2ccc(C(C)(C)C)cc2)c([2H])c1[2H]. The van der Waals surface area contributed by atoms with Crippen molar-refractivity contribution in [2.45, 2.75) is 26.2 Å². The number of benzene rings is 9. The number of thiophene rings is 1. The minimum atomic E-state index is -0.497. The zero-order valence-corrected chi connectivity index (χ0v) is 39.3. The van der Waals surface area contributed by atoms with Gasteiger partial charge in [-0.05, 0) is 123 Å². The summed E-state index contributed by atoms with van der Waals surface area (Å²) < 4.78 is 97.0. The van der Waals surface area contributed by atoms with Crippen LogP contribution in [0.15, 0.2) is 241 Å². The highest BCUT2D eigenvalue weighted by Crippen LogP contribution is 2.51. The number of hydrogen-bond donors (Lipinski definition) is 0. The molecule has 0 radical (unpaired) electrons. The van der Waals surface area contributed by atoms with Crippen molar-refractivity contribution < 1.29 is 18.1 Å². The highest BCUT2D eigenvalue weighted by atomic mass is 32.1. The van der Waals surface area contributed by atoms with E-state index in [1.165, 1.54) is 0 Å². The summed E-state index contributed by atoms with van der Waals surface area (Å²) in [5.41, 5.74) is 12.4. The van der Waals surface area contributed by atoms with E-state index in [9.17, 15) is 2.74 Å². The van der Waals surface area contributed by atoms with Crippen molar-refractivity contribution in [2.24, 2.45) is 0 Å². The summed E-state index contributed by atoms with van der Waals surface area (Å²) >= 11 is 1.60. The van der Waals surface area contributed by atoms with Gasteiger partial charge in [0.25, 0.3) is 6.71 Å². The zero-order valence-electron chi connectivity index (χ0n) is 48.5. The molecule has 0 bridgehead atoms. The van der Waals surface area contributed by atoms with Crippen molar-refractivity contribution in [2.75, 3.05) is 14.7 Å². The molecule has 0 atom stereocenters. The summed E-state index contributed by atoms with van der Waals surface area (Å²) in [6.07, 6.45) is 1.59. The van der Waals surface area contributed by atoms with Crippen LogP contribution in [0, 0.1) is 0 Å². The maximum atomic E-state index is 9.41. The third kappa shape index (κ3) is 6.97. The molecule has 0 unspecified atom stereocenters. The highest BCUT2D eigenvalue weighted by molar-refractivity contribution is 7.33. The summed E-state index contributed by atoms with van der Waals surface area (Å²) in [6, 6.07) is 53.2. The highest BCUT2D eigenvalue weighted by Gasteiger charge is 2.46. The second-order valence-corrected chi connectivity index (χ2v) is 19.7. The second kappa shape index (κ2) is 16.7. The number of nitrogens with zero attached hydrogens (tertiary/aromatic N) is 3. The van der Waals surface area contributed by atoms with E-state index >= 15 is 0 Å². The molecular formula is C64H48BN3OS. The van der Waals surface area contributed by atoms with Gasteiger partial charge >= 0.3 is 0 Å². The van der Waals surface area contributed by atoms with Gasteiger partial charge in [0.1, 0.15) is 0 Å². The smallest absolute Gasteiger partial charge is 0.264 e. The molecule has 0 saturated carbocycles. The fraction of sp³-hybridized carbons (Fsp3) is 0.0625. The first-order chi connectivity index (χ1) is 38.5. The molecule has 334 valence electrons. The molecule has 2 aliphatic heterocycles. The van der Waals surface area contributed by atoms with Crippen LogP contribution in [-0.4, -0.2) is 6.71 Å². The van der Waals surface area contributed by atoms with Crippen LogP contribution < -0.4 is 30.4 Å². The van der Waals surface area contributed by atoms with Crippen molar-refractivity contribution in [3.63, 3.8) is 0 Å². The third-order valence-electron chi connectivity index (χ3n) is 13.4. The lowest BCUT2D eigenvalue weighted by molar-refractivity contribution is 0.574. The number of hydrogen-bond acceptors (Lipinski definition) is 5. The Hall–Kier alpha value is -8.32. The van der Waals surface area contributed by atoms with Gasteiger partial charge < -0.3 is 14.2 Å². The molecule has 6 heteroatoms. The molecule has 11 aromatic rings. The van der Waals surface area contributed by atoms with Gasteiger partial charge in [-0.3, -0.25) is 4.90 Å². The summed E-state index contributed by atoms with van der Waals surface area (Å²) in [6.45, 7) is 6.08. The van der Waals surface area contributed by atoms with Crippen LogP contribution in [0.4, 0.5) is 51.4 Å². The molecule has 2 aromatic heterocycles. The van der Waals surface area contributed by atoms with Gasteiger partial charge in [0, 0.05) is 60.6 Å². The van der Waals surface area contributed by atoms with E-state index in [4.69, 9.17) is 15.4 Å². The predicted octanol–water partition coefficient (Wildman–Crippen LogP) is 16.3. The van der Waals surface area contributed by atoms with E-state index < -0.39 is 43.0 Å². The summed E-state index contributed by atoms with van der Waals surface area (Å²) in [7, 11) is 0. The molecule has 9 aromatic carbocycles. The number of rotatable bonds is 8. The number of furan rings is 1. The van der Waals surface area contributed by atoms with Crippen molar-refractivity contribution in [3.05, 3.63) is 242 Å². The molecule has 0 fully saturated rings. The maximum absolute atomic E-state index is 9.41. The number of anilines is 9. The van der Waals surface area contributed by atoms with Crippen LogP contribution >= 0.6 is 11.3 Å². The van der Waals surface area contributed by atoms with Crippen molar-refractivity contribution in [3.8, 4) is 33.4 Å². The molecule has 0 saturated heterocycles. The van der Waals surface area contributed by atoms with E-state index in [0.29, 0.717) is 22.7 Å². The lowest BCUT2D eigenvalue weighted by atomic mass is 9.36. The fourth-order valence-electron chi connectivity index (χ4n) is 10.2. The molecule has 2 aliphatic rings.